The van der Waals surface area contributed by atoms with Gasteiger partial charge in [-0.25, -0.2) is 0 Å². The van der Waals surface area contributed by atoms with Crippen LogP contribution in [0.15, 0.2) is 42.5 Å². The first kappa shape index (κ1) is 19.1. The summed E-state index contributed by atoms with van der Waals surface area (Å²) in [7, 11) is 3.28. The Hall–Kier alpha value is -2.27. The number of hydrogen-bond donors (Lipinski definition) is 2. The van der Waals surface area contributed by atoms with Crippen molar-refractivity contribution in [1.82, 2.24) is 10.6 Å². The number of methoxy groups -OCH3 is 2. The first-order chi connectivity index (χ1) is 12.0. The normalized spacial score (nSPS) is 11.5. The molecule has 0 aliphatic heterocycles. The minimum atomic E-state index is 0.168. The van der Waals surface area contributed by atoms with Crippen LogP contribution in [-0.4, -0.2) is 25.9 Å². The highest BCUT2D eigenvalue weighted by atomic mass is 32.1. The lowest BCUT2D eigenvalue weighted by Gasteiger charge is -2.17. The van der Waals surface area contributed by atoms with E-state index in [1.165, 1.54) is 16.7 Å². The zero-order valence-corrected chi connectivity index (χ0v) is 16.1. The number of nitrogens with one attached hydrogen (secondary N) is 2. The Bertz CT molecular complexity index is 701. The highest BCUT2D eigenvalue weighted by molar-refractivity contribution is 7.80. The third-order valence-corrected chi connectivity index (χ3v) is 4.33. The van der Waals surface area contributed by atoms with Crippen molar-refractivity contribution < 1.29 is 9.47 Å². The fourth-order valence-corrected chi connectivity index (χ4v) is 2.82. The van der Waals surface area contributed by atoms with E-state index >= 15 is 0 Å². The fourth-order valence-electron chi connectivity index (χ4n) is 2.54. The molecule has 2 aromatic rings. The molecule has 0 fully saturated rings. The number of hydrogen-bond acceptors (Lipinski definition) is 3. The Balaban J connectivity index is 1.81. The van der Waals surface area contributed by atoms with Gasteiger partial charge in [0.05, 0.1) is 20.3 Å². The Morgan fingerprint density at radius 2 is 1.72 bits per heavy atom. The van der Waals surface area contributed by atoms with E-state index < -0.39 is 0 Å². The molecule has 0 spiro atoms. The van der Waals surface area contributed by atoms with Gasteiger partial charge in [0.2, 0.25) is 0 Å². The van der Waals surface area contributed by atoms with Gasteiger partial charge < -0.3 is 20.1 Å². The van der Waals surface area contributed by atoms with E-state index in [4.69, 9.17) is 21.7 Å². The second-order valence-corrected chi connectivity index (χ2v) is 6.38. The van der Waals surface area contributed by atoms with E-state index in [-0.39, 0.29) is 6.04 Å². The number of aryl methyl sites for hydroxylation is 1. The number of rotatable bonds is 7. The number of ether oxygens (including phenoxy) is 2. The van der Waals surface area contributed by atoms with Crippen molar-refractivity contribution in [3.05, 3.63) is 59.2 Å². The lowest BCUT2D eigenvalue weighted by molar-refractivity contribution is 0.354. The van der Waals surface area contributed by atoms with Gasteiger partial charge in [-0.15, -0.1) is 0 Å². The van der Waals surface area contributed by atoms with Gasteiger partial charge in [-0.05, 0) is 55.7 Å². The summed E-state index contributed by atoms with van der Waals surface area (Å²) in [5, 5.41) is 7.24. The first-order valence-corrected chi connectivity index (χ1v) is 8.76. The van der Waals surface area contributed by atoms with Crippen molar-refractivity contribution in [2.24, 2.45) is 0 Å². The molecule has 0 radical (unpaired) electrons. The molecular weight excluding hydrogens is 332 g/mol. The van der Waals surface area contributed by atoms with Crippen LogP contribution in [0.25, 0.3) is 0 Å². The van der Waals surface area contributed by atoms with Crippen molar-refractivity contribution >= 4 is 17.3 Å². The Kier molecular flexibility index (Phi) is 7.07. The number of thiocarbonyl (C=S) groups is 1. The van der Waals surface area contributed by atoms with E-state index in [2.05, 4.69) is 48.7 Å². The van der Waals surface area contributed by atoms with Gasteiger partial charge in [0.1, 0.15) is 0 Å². The molecular formula is C20H26N2O2S. The zero-order valence-electron chi connectivity index (χ0n) is 15.3. The van der Waals surface area contributed by atoms with E-state index in [9.17, 15) is 0 Å². The summed E-state index contributed by atoms with van der Waals surface area (Å²) in [5.74, 6) is 1.48. The molecule has 2 aromatic carbocycles. The molecule has 0 saturated carbocycles. The second kappa shape index (κ2) is 9.28. The molecule has 25 heavy (non-hydrogen) atoms. The highest BCUT2D eigenvalue weighted by Crippen LogP contribution is 2.27. The van der Waals surface area contributed by atoms with Crippen LogP contribution >= 0.6 is 12.2 Å². The largest absolute Gasteiger partial charge is 0.493 e. The molecule has 0 amide bonds. The molecule has 1 unspecified atom stereocenters. The minimum Gasteiger partial charge on any atom is -0.493 e. The maximum Gasteiger partial charge on any atom is 0.166 e. The molecule has 4 nitrogen and oxygen atoms in total. The molecule has 1 atom stereocenters. The van der Waals surface area contributed by atoms with Gasteiger partial charge in [0.15, 0.2) is 16.6 Å². The summed E-state index contributed by atoms with van der Waals surface area (Å²) in [6.07, 6.45) is 0.848. The lowest BCUT2D eigenvalue weighted by atomic mass is 10.1. The van der Waals surface area contributed by atoms with Crippen molar-refractivity contribution in [3.63, 3.8) is 0 Å². The quantitative estimate of drug-likeness (QED) is 0.738. The van der Waals surface area contributed by atoms with Crippen LogP contribution in [0.1, 0.15) is 29.7 Å². The van der Waals surface area contributed by atoms with Crippen LogP contribution in [0.2, 0.25) is 0 Å². The molecule has 0 bridgehead atoms. The lowest BCUT2D eigenvalue weighted by Crippen LogP contribution is -2.37. The molecule has 134 valence electrons. The van der Waals surface area contributed by atoms with Gasteiger partial charge in [-0.3, -0.25) is 0 Å². The monoisotopic (exact) mass is 358 g/mol. The summed E-state index contributed by atoms with van der Waals surface area (Å²) in [5.41, 5.74) is 3.64. The predicted octanol–water partition coefficient (Wildman–Crippen LogP) is 3.78. The van der Waals surface area contributed by atoms with E-state index in [0.29, 0.717) is 5.11 Å². The smallest absolute Gasteiger partial charge is 0.166 e. The third kappa shape index (κ3) is 5.64. The van der Waals surface area contributed by atoms with Crippen molar-refractivity contribution in [2.75, 3.05) is 20.8 Å². The summed E-state index contributed by atoms with van der Waals surface area (Å²) < 4.78 is 10.6. The van der Waals surface area contributed by atoms with Gasteiger partial charge in [0, 0.05) is 6.54 Å². The first-order valence-electron chi connectivity index (χ1n) is 8.35. The van der Waals surface area contributed by atoms with Gasteiger partial charge in [-0.1, -0.05) is 35.9 Å². The van der Waals surface area contributed by atoms with Crippen LogP contribution in [0.3, 0.4) is 0 Å². The summed E-state index contributed by atoms with van der Waals surface area (Å²) >= 11 is 5.39. The summed E-state index contributed by atoms with van der Waals surface area (Å²) in [6.45, 7) is 4.94. The molecule has 0 saturated heterocycles. The van der Waals surface area contributed by atoms with Crippen LogP contribution in [0.5, 0.6) is 11.5 Å². The van der Waals surface area contributed by atoms with Crippen molar-refractivity contribution in [2.45, 2.75) is 26.3 Å². The minimum absolute atomic E-state index is 0.168. The molecule has 0 aromatic heterocycles. The number of benzene rings is 2. The molecule has 0 heterocycles. The fraction of sp³-hybridized carbons (Fsp3) is 0.350. The Labute approximate surface area is 155 Å². The maximum atomic E-state index is 5.39. The molecule has 2 rings (SSSR count). The van der Waals surface area contributed by atoms with E-state index in [1.807, 2.05) is 18.2 Å². The predicted molar refractivity (Wildman–Crippen MR) is 107 cm³/mol. The van der Waals surface area contributed by atoms with Gasteiger partial charge >= 0.3 is 0 Å². The molecule has 2 N–H and O–H groups in total. The van der Waals surface area contributed by atoms with Crippen molar-refractivity contribution in [3.8, 4) is 11.5 Å². The van der Waals surface area contributed by atoms with Crippen LogP contribution in [0, 0.1) is 6.92 Å². The standard InChI is InChI=1S/C20H26N2O2S/c1-14-5-8-17(9-6-14)15(2)22-20(25)21-12-11-16-7-10-18(23-3)19(13-16)24-4/h5-10,13,15H,11-12H2,1-4H3,(H2,21,22,25). The van der Waals surface area contributed by atoms with Crippen LogP contribution < -0.4 is 20.1 Å². The van der Waals surface area contributed by atoms with E-state index in [1.54, 1.807) is 14.2 Å². The van der Waals surface area contributed by atoms with Crippen LogP contribution in [0.4, 0.5) is 0 Å². The van der Waals surface area contributed by atoms with Gasteiger partial charge in [-0.2, -0.15) is 0 Å². The molecule has 0 aliphatic carbocycles. The average Bonchev–Trinajstić information content (AvgIpc) is 2.62. The summed E-state index contributed by atoms with van der Waals surface area (Å²) in [6, 6.07) is 14.6. The topological polar surface area (TPSA) is 42.5 Å². The average molecular weight is 359 g/mol. The third-order valence-electron chi connectivity index (χ3n) is 4.07. The Morgan fingerprint density at radius 1 is 1.04 bits per heavy atom. The summed E-state index contributed by atoms with van der Waals surface area (Å²) in [4.78, 5) is 0. The maximum absolute atomic E-state index is 5.39. The molecule has 0 aliphatic rings. The second-order valence-electron chi connectivity index (χ2n) is 5.97. The van der Waals surface area contributed by atoms with E-state index in [0.717, 1.165) is 24.5 Å². The van der Waals surface area contributed by atoms with Crippen molar-refractivity contribution in [1.29, 1.82) is 0 Å². The zero-order chi connectivity index (χ0) is 18.2. The molecule has 5 heteroatoms. The van der Waals surface area contributed by atoms with Gasteiger partial charge in [0.25, 0.3) is 0 Å². The highest BCUT2D eigenvalue weighted by Gasteiger charge is 2.07. The van der Waals surface area contributed by atoms with Crippen LogP contribution in [-0.2, 0) is 6.42 Å². The Morgan fingerprint density at radius 3 is 2.36 bits per heavy atom. The SMILES string of the molecule is COc1ccc(CCNC(=S)NC(C)c2ccc(C)cc2)cc1OC.